The Labute approximate surface area is 216 Å². The molecule has 2 fully saturated rings. The topological polar surface area (TPSA) is 52.6 Å². The lowest BCUT2D eigenvalue weighted by molar-refractivity contribution is -0.137. The summed E-state index contributed by atoms with van der Waals surface area (Å²) in [6.45, 7) is 2.25. The van der Waals surface area contributed by atoms with E-state index in [1.54, 1.807) is 0 Å². The number of benzene rings is 2. The van der Waals surface area contributed by atoms with Crippen molar-refractivity contribution in [2.45, 2.75) is 83.4 Å². The average Bonchev–Trinajstić information content (AvgIpc) is 2.89. The van der Waals surface area contributed by atoms with Crippen LogP contribution in [0.25, 0.3) is 0 Å². The van der Waals surface area contributed by atoms with Crippen molar-refractivity contribution in [2.24, 2.45) is 17.8 Å². The summed E-state index contributed by atoms with van der Waals surface area (Å²) in [7, 11) is 0. The van der Waals surface area contributed by atoms with Gasteiger partial charge in [-0.1, -0.05) is 39.0 Å². The summed E-state index contributed by atoms with van der Waals surface area (Å²) >= 11 is 0. The molecule has 200 valence electrons. The van der Waals surface area contributed by atoms with E-state index in [0.717, 1.165) is 55.4 Å². The third-order valence-corrected chi connectivity index (χ3v) is 7.91. The smallest absolute Gasteiger partial charge is 0.416 e. The van der Waals surface area contributed by atoms with Gasteiger partial charge in [0.2, 0.25) is 0 Å². The number of hydrogen-bond donors (Lipinski definition) is 0. The summed E-state index contributed by atoms with van der Waals surface area (Å²) in [5, 5.41) is 0. The number of rotatable bonds is 8. The van der Waals surface area contributed by atoms with Gasteiger partial charge in [-0.25, -0.2) is 9.59 Å². The van der Waals surface area contributed by atoms with Crippen molar-refractivity contribution in [3.8, 4) is 5.75 Å². The lowest BCUT2D eigenvalue weighted by atomic mass is 9.66. The number of hydrogen-bond acceptors (Lipinski definition) is 4. The van der Waals surface area contributed by atoms with Gasteiger partial charge in [0, 0.05) is 0 Å². The molecule has 2 aromatic carbocycles. The van der Waals surface area contributed by atoms with Crippen LogP contribution in [0, 0.1) is 17.8 Å². The molecule has 0 aliphatic heterocycles. The van der Waals surface area contributed by atoms with Gasteiger partial charge in [0.1, 0.15) is 11.9 Å². The second-order valence-electron chi connectivity index (χ2n) is 10.5. The minimum absolute atomic E-state index is 0.00193. The molecule has 2 aliphatic rings. The second-order valence-corrected chi connectivity index (χ2v) is 10.5. The summed E-state index contributed by atoms with van der Waals surface area (Å²) in [5.41, 5.74) is -0.464. The van der Waals surface area contributed by atoms with Crippen molar-refractivity contribution >= 4 is 11.9 Å². The fourth-order valence-electron chi connectivity index (χ4n) is 5.84. The van der Waals surface area contributed by atoms with Crippen LogP contribution in [0.4, 0.5) is 13.2 Å². The average molecular weight is 517 g/mol. The zero-order valence-electron chi connectivity index (χ0n) is 21.3. The first-order valence-corrected chi connectivity index (χ1v) is 13.4. The molecule has 2 aromatic rings. The minimum atomic E-state index is -4.47. The highest BCUT2D eigenvalue weighted by molar-refractivity contribution is 5.92. The lowest BCUT2D eigenvalue weighted by Gasteiger charge is -2.42. The van der Waals surface area contributed by atoms with Gasteiger partial charge < -0.3 is 9.47 Å². The molecule has 2 aliphatic carbocycles. The monoisotopic (exact) mass is 516 g/mol. The maximum atomic E-state index is 12.7. The van der Waals surface area contributed by atoms with Gasteiger partial charge in [-0.15, -0.1) is 0 Å². The highest BCUT2D eigenvalue weighted by Crippen LogP contribution is 2.45. The van der Waals surface area contributed by atoms with E-state index in [1.807, 2.05) is 0 Å². The molecule has 4 nitrogen and oxygen atoms in total. The van der Waals surface area contributed by atoms with Crippen molar-refractivity contribution in [1.29, 1.82) is 0 Å². The Morgan fingerprint density at radius 2 is 1.43 bits per heavy atom. The van der Waals surface area contributed by atoms with Crippen molar-refractivity contribution in [1.82, 2.24) is 0 Å². The van der Waals surface area contributed by atoms with Gasteiger partial charge in [0.25, 0.3) is 0 Å². The fraction of sp³-hybridized carbons (Fsp3) is 0.533. The normalized spacial score (nSPS) is 23.7. The Morgan fingerprint density at radius 3 is 2.11 bits per heavy atom. The molecule has 0 saturated heterocycles. The summed E-state index contributed by atoms with van der Waals surface area (Å²) in [4.78, 5) is 25.0. The zero-order valence-corrected chi connectivity index (χ0v) is 21.3. The molecule has 2 saturated carbocycles. The summed E-state index contributed by atoms with van der Waals surface area (Å²) in [6.07, 6.45) is 7.53. The van der Waals surface area contributed by atoms with E-state index in [-0.39, 0.29) is 17.4 Å². The number of alkyl halides is 3. The molecular weight excluding hydrogens is 481 g/mol. The van der Waals surface area contributed by atoms with Crippen LogP contribution in [0.1, 0.15) is 97.4 Å². The van der Waals surface area contributed by atoms with E-state index >= 15 is 0 Å². The summed E-state index contributed by atoms with van der Waals surface area (Å²) < 4.78 is 49.2. The molecule has 7 heteroatoms. The van der Waals surface area contributed by atoms with Gasteiger partial charge in [0.05, 0.1) is 16.7 Å². The quantitative estimate of drug-likeness (QED) is 0.201. The van der Waals surface area contributed by atoms with Gasteiger partial charge >= 0.3 is 18.1 Å². The Balaban J connectivity index is 1.25. The first-order valence-electron chi connectivity index (χ1n) is 13.4. The van der Waals surface area contributed by atoms with E-state index in [4.69, 9.17) is 9.47 Å². The third-order valence-electron chi connectivity index (χ3n) is 7.91. The van der Waals surface area contributed by atoms with Gasteiger partial charge in [-0.3, -0.25) is 0 Å². The Morgan fingerprint density at radius 1 is 0.811 bits per heavy atom. The fourth-order valence-corrected chi connectivity index (χ4v) is 5.84. The Bertz CT molecular complexity index is 1050. The van der Waals surface area contributed by atoms with Gasteiger partial charge in [-0.2, -0.15) is 13.2 Å². The minimum Gasteiger partial charge on any atom is -0.459 e. The Hall–Kier alpha value is -2.83. The number of unbranched alkanes of at least 4 members (excludes halogenated alkanes) is 2. The number of fused-ring (bicyclic) bond motifs is 1. The molecule has 0 radical (unpaired) electrons. The molecule has 4 rings (SSSR count). The lowest BCUT2D eigenvalue weighted by Crippen LogP contribution is -2.35. The standard InChI is InChI=1S/C30H35F3O4/c1-2-3-4-5-20-6-7-24-19-27(17-12-23(24)18-20)37-29(35)22-10-15-26(16-11-22)36-28(34)21-8-13-25(14-9-21)30(31,32)33/h8-11,13-16,20,23-24,27H,2-7,12,17-19H2,1H3. The number of ether oxygens (including phenoxy) is 2. The van der Waals surface area contributed by atoms with E-state index in [2.05, 4.69) is 6.92 Å². The Kier molecular flexibility index (Phi) is 8.93. The summed E-state index contributed by atoms with van der Waals surface area (Å²) in [5.74, 6) is 1.28. The molecular formula is C30H35F3O4. The van der Waals surface area contributed by atoms with Crippen LogP contribution in [0.3, 0.4) is 0 Å². The van der Waals surface area contributed by atoms with Crippen LogP contribution in [0.2, 0.25) is 0 Å². The van der Waals surface area contributed by atoms with Crippen LogP contribution >= 0.6 is 0 Å². The molecule has 0 N–H and O–H groups in total. The van der Waals surface area contributed by atoms with Crippen LogP contribution in [-0.4, -0.2) is 18.0 Å². The molecule has 37 heavy (non-hydrogen) atoms. The first-order chi connectivity index (χ1) is 17.7. The molecule has 0 aromatic heterocycles. The summed E-state index contributed by atoms with van der Waals surface area (Å²) in [6, 6.07) is 9.85. The van der Waals surface area contributed by atoms with Crippen molar-refractivity contribution < 1.29 is 32.2 Å². The largest absolute Gasteiger partial charge is 0.459 e. The van der Waals surface area contributed by atoms with Gasteiger partial charge in [-0.05, 0) is 98.4 Å². The first kappa shape index (κ1) is 27.2. The van der Waals surface area contributed by atoms with Crippen LogP contribution in [0.5, 0.6) is 5.75 Å². The van der Waals surface area contributed by atoms with E-state index in [0.29, 0.717) is 11.5 Å². The predicted octanol–water partition coefficient (Wildman–Crippen LogP) is 8.25. The second kappa shape index (κ2) is 12.1. The predicted molar refractivity (Wildman–Crippen MR) is 134 cm³/mol. The number of esters is 2. The number of carbonyl (C=O) groups excluding carboxylic acids is 2. The molecule has 4 unspecified atom stereocenters. The van der Waals surface area contributed by atoms with Crippen LogP contribution in [0.15, 0.2) is 48.5 Å². The zero-order chi connectivity index (χ0) is 26.4. The van der Waals surface area contributed by atoms with Crippen LogP contribution < -0.4 is 4.74 Å². The number of carbonyl (C=O) groups is 2. The maximum absolute atomic E-state index is 12.7. The SMILES string of the molecule is CCCCCC1CCC2CC(OC(=O)c3ccc(OC(=O)c4ccc(C(F)(F)F)cc4)cc3)CCC2C1. The van der Waals surface area contributed by atoms with Crippen molar-refractivity contribution in [3.05, 3.63) is 65.2 Å². The third kappa shape index (κ3) is 7.36. The molecule has 0 heterocycles. The van der Waals surface area contributed by atoms with Gasteiger partial charge in [0.15, 0.2) is 0 Å². The molecule has 4 atom stereocenters. The van der Waals surface area contributed by atoms with Crippen molar-refractivity contribution in [3.63, 3.8) is 0 Å². The highest BCUT2D eigenvalue weighted by Gasteiger charge is 2.36. The van der Waals surface area contributed by atoms with E-state index in [1.165, 1.54) is 69.2 Å². The molecule has 0 amide bonds. The van der Waals surface area contributed by atoms with E-state index < -0.39 is 23.7 Å². The highest BCUT2D eigenvalue weighted by atomic mass is 19.4. The van der Waals surface area contributed by atoms with Crippen LogP contribution in [-0.2, 0) is 10.9 Å². The molecule has 0 bridgehead atoms. The number of halogens is 3. The van der Waals surface area contributed by atoms with Crippen molar-refractivity contribution in [2.75, 3.05) is 0 Å². The maximum Gasteiger partial charge on any atom is 0.416 e. The molecule has 0 spiro atoms. The van der Waals surface area contributed by atoms with E-state index in [9.17, 15) is 22.8 Å².